The predicted molar refractivity (Wildman–Crippen MR) is 213 cm³/mol. The lowest BCUT2D eigenvalue weighted by Crippen LogP contribution is -2.58. The van der Waals surface area contributed by atoms with Crippen LogP contribution in [0.4, 0.5) is 16.2 Å². The molecule has 2 fully saturated rings. The van der Waals surface area contributed by atoms with Gasteiger partial charge in [0.15, 0.2) is 0 Å². The third-order valence-corrected chi connectivity index (χ3v) is 10.5. The molecule has 3 aromatic carbocycles. The summed E-state index contributed by atoms with van der Waals surface area (Å²) in [5.41, 5.74) is 6.67. The number of aromatic nitrogens is 1. The Morgan fingerprint density at radius 1 is 0.889 bits per heavy atom. The number of carbonyl (C=O) groups excluding carboxylic acids is 2. The Hall–Kier alpha value is -4.81. The van der Waals surface area contributed by atoms with Crippen LogP contribution in [-0.2, 0) is 22.6 Å². The number of piperazine rings is 1. The highest BCUT2D eigenvalue weighted by Gasteiger charge is 2.30. The summed E-state index contributed by atoms with van der Waals surface area (Å²) >= 11 is 0. The van der Waals surface area contributed by atoms with Crippen LogP contribution in [0.15, 0.2) is 97.3 Å². The lowest BCUT2D eigenvalue weighted by molar-refractivity contribution is -0.929. The maximum Gasteiger partial charge on any atom is 0.512 e. The Balaban J connectivity index is 0.981. The van der Waals surface area contributed by atoms with E-state index in [2.05, 4.69) is 51.2 Å². The van der Waals surface area contributed by atoms with Crippen molar-refractivity contribution >= 4 is 23.4 Å². The fourth-order valence-corrected chi connectivity index (χ4v) is 7.01. The zero-order chi connectivity index (χ0) is 37.6. The van der Waals surface area contributed by atoms with Crippen molar-refractivity contribution < 1.29 is 23.5 Å². The second kappa shape index (κ2) is 19.5. The molecule has 2 atom stereocenters. The Bertz CT molecular complexity index is 1770. The minimum Gasteiger partial charge on any atom is -0.429 e. The second-order valence-electron chi connectivity index (χ2n) is 14.9. The van der Waals surface area contributed by atoms with E-state index in [9.17, 15) is 9.59 Å². The smallest absolute Gasteiger partial charge is 0.429 e. The first kappa shape index (κ1) is 38.9. The van der Waals surface area contributed by atoms with Gasteiger partial charge >= 0.3 is 6.16 Å². The standard InChI is InChI=1S/C43H55N7O4/c1-33-16-21-38(28-40(33)48-42-45-23-10-5-3-4-9-15-39(47-42)37-14-11-22-44-29-37)46-41(51)36-19-17-34(18-20-36)30-49-24-26-50(2,27-25-49)32-54-43(52)53-31-35-12-7-6-8-13-35/h6-8,11-14,16-22,28-29,39,42,45,47-48H,3-5,9-10,15,23-27,30-32H2,1-2H3/p+1. The van der Waals surface area contributed by atoms with Gasteiger partial charge in [0, 0.05) is 55.0 Å². The third kappa shape index (κ3) is 11.8. The summed E-state index contributed by atoms with van der Waals surface area (Å²) in [6.45, 7) is 7.74. The zero-order valence-electron chi connectivity index (χ0n) is 31.8. The van der Waals surface area contributed by atoms with Crippen LogP contribution in [0.5, 0.6) is 0 Å². The van der Waals surface area contributed by atoms with Crippen LogP contribution in [0, 0.1) is 6.92 Å². The monoisotopic (exact) mass is 734 g/mol. The molecule has 4 N–H and O–H groups in total. The minimum absolute atomic E-state index is 0.146. The number of hydrogen-bond donors (Lipinski definition) is 4. The van der Waals surface area contributed by atoms with Gasteiger partial charge in [0.1, 0.15) is 12.9 Å². The lowest BCUT2D eigenvalue weighted by Gasteiger charge is -2.41. The van der Waals surface area contributed by atoms with Gasteiger partial charge in [-0.2, -0.15) is 0 Å². The highest BCUT2D eigenvalue weighted by Crippen LogP contribution is 2.25. The molecule has 3 heterocycles. The van der Waals surface area contributed by atoms with Crippen molar-refractivity contribution in [3.05, 3.63) is 125 Å². The van der Waals surface area contributed by atoms with Gasteiger partial charge in [-0.1, -0.05) is 80.3 Å². The number of ether oxygens (including phenoxy) is 2. The predicted octanol–water partition coefficient (Wildman–Crippen LogP) is 7.19. The summed E-state index contributed by atoms with van der Waals surface area (Å²) in [4.78, 5) is 32.3. The summed E-state index contributed by atoms with van der Waals surface area (Å²) in [5.74, 6) is -0.146. The van der Waals surface area contributed by atoms with Crippen LogP contribution in [0.1, 0.15) is 77.2 Å². The first-order valence-corrected chi connectivity index (χ1v) is 19.4. The number of nitrogens with one attached hydrogen (secondary N) is 4. The van der Waals surface area contributed by atoms with Crippen molar-refractivity contribution in [1.82, 2.24) is 20.5 Å². The summed E-state index contributed by atoms with van der Waals surface area (Å²) in [7, 11) is 2.11. The molecule has 6 rings (SSSR count). The van der Waals surface area contributed by atoms with Gasteiger partial charge in [-0.15, -0.1) is 0 Å². The highest BCUT2D eigenvalue weighted by molar-refractivity contribution is 6.04. The first-order valence-electron chi connectivity index (χ1n) is 19.4. The van der Waals surface area contributed by atoms with Gasteiger partial charge in [0.2, 0.25) is 6.73 Å². The molecule has 2 saturated heterocycles. The van der Waals surface area contributed by atoms with Crippen molar-refractivity contribution in [2.45, 2.75) is 70.9 Å². The average Bonchev–Trinajstić information content (AvgIpc) is 3.25. The van der Waals surface area contributed by atoms with Gasteiger partial charge in [-0.3, -0.25) is 29.8 Å². The summed E-state index contributed by atoms with van der Waals surface area (Å²) in [6, 6.07) is 27.8. The molecule has 1 amide bonds. The highest BCUT2D eigenvalue weighted by atomic mass is 16.7. The van der Waals surface area contributed by atoms with E-state index in [0.717, 1.165) is 80.2 Å². The zero-order valence-corrected chi connectivity index (χ0v) is 31.8. The van der Waals surface area contributed by atoms with Crippen molar-refractivity contribution in [3.8, 4) is 0 Å². The maximum atomic E-state index is 13.4. The Kier molecular flexibility index (Phi) is 14.0. The van der Waals surface area contributed by atoms with E-state index in [1.54, 1.807) is 0 Å². The molecule has 54 heavy (non-hydrogen) atoms. The molecule has 0 radical (unpaired) electrons. The van der Waals surface area contributed by atoms with Crippen LogP contribution in [0.3, 0.4) is 0 Å². The summed E-state index contributed by atoms with van der Waals surface area (Å²) in [6.07, 6.45) is 10.1. The third-order valence-electron chi connectivity index (χ3n) is 10.5. The maximum absolute atomic E-state index is 13.4. The SMILES string of the molecule is Cc1ccc(NC(=O)c2ccc(CN3CC[N+](C)(COC(=O)OCc4ccccc4)CC3)cc2)cc1NC1NCCCCCCCC(c2cccnc2)N1. The van der Waals surface area contributed by atoms with Crippen LogP contribution in [0.2, 0.25) is 0 Å². The van der Waals surface area contributed by atoms with Gasteiger partial charge in [-0.05, 0) is 78.9 Å². The molecular formula is C43H56N7O4+. The van der Waals surface area contributed by atoms with Gasteiger partial charge in [-0.25, -0.2) is 4.79 Å². The molecule has 2 aliphatic heterocycles. The number of quaternary nitrogens is 1. The van der Waals surface area contributed by atoms with Crippen molar-refractivity contribution in [2.24, 2.45) is 0 Å². The van der Waals surface area contributed by atoms with E-state index >= 15 is 0 Å². The first-order chi connectivity index (χ1) is 26.3. The number of carbonyl (C=O) groups is 2. The molecule has 4 aromatic rings. The van der Waals surface area contributed by atoms with Gasteiger partial charge in [0.05, 0.1) is 20.1 Å². The number of aryl methyl sites for hydroxylation is 1. The fourth-order valence-electron chi connectivity index (χ4n) is 7.01. The quantitative estimate of drug-likeness (QED) is 0.0939. The number of benzene rings is 3. The molecule has 11 nitrogen and oxygen atoms in total. The van der Waals surface area contributed by atoms with E-state index in [1.807, 2.05) is 91.3 Å². The molecule has 11 heteroatoms. The number of hydrogen-bond acceptors (Lipinski definition) is 9. The van der Waals surface area contributed by atoms with Crippen molar-refractivity contribution in [1.29, 1.82) is 0 Å². The fraction of sp³-hybridized carbons (Fsp3) is 0.419. The molecule has 0 aliphatic carbocycles. The average molecular weight is 735 g/mol. The Morgan fingerprint density at radius 3 is 2.44 bits per heavy atom. The number of nitrogens with zero attached hydrogens (tertiary/aromatic N) is 3. The molecule has 2 aliphatic rings. The van der Waals surface area contributed by atoms with Crippen LogP contribution < -0.4 is 21.3 Å². The lowest BCUT2D eigenvalue weighted by atomic mass is 10.0. The molecule has 0 saturated carbocycles. The second-order valence-corrected chi connectivity index (χ2v) is 14.9. The van der Waals surface area contributed by atoms with E-state index in [4.69, 9.17) is 9.47 Å². The van der Waals surface area contributed by atoms with Crippen LogP contribution in [-0.4, -0.2) is 79.2 Å². The number of likely N-dealkylation sites (N-methyl/N-ethyl adjacent to an activating group) is 1. The largest absolute Gasteiger partial charge is 0.512 e. The Morgan fingerprint density at radius 2 is 1.67 bits per heavy atom. The summed E-state index contributed by atoms with van der Waals surface area (Å²) < 4.78 is 11.4. The van der Waals surface area contributed by atoms with Gasteiger partial charge < -0.3 is 20.1 Å². The minimum atomic E-state index is -0.639. The number of amides is 1. The summed E-state index contributed by atoms with van der Waals surface area (Å²) in [5, 5.41) is 14.3. The molecular weight excluding hydrogens is 679 g/mol. The number of anilines is 2. The van der Waals surface area contributed by atoms with Crippen LogP contribution in [0.25, 0.3) is 0 Å². The molecule has 0 bridgehead atoms. The number of pyridine rings is 1. The van der Waals surface area contributed by atoms with E-state index in [-0.39, 0.29) is 31.6 Å². The van der Waals surface area contributed by atoms with Gasteiger partial charge in [0.25, 0.3) is 5.91 Å². The topological polar surface area (TPSA) is 117 Å². The Labute approximate surface area is 320 Å². The number of rotatable bonds is 11. The van der Waals surface area contributed by atoms with Crippen LogP contribution >= 0.6 is 0 Å². The molecule has 286 valence electrons. The molecule has 2 unspecified atom stereocenters. The molecule has 1 aromatic heterocycles. The normalized spacial score (nSPS) is 19.5. The van der Waals surface area contributed by atoms with E-state index in [0.29, 0.717) is 10.0 Å². The van der Waals surface area contributed by atoms with E-state index < -0.39 is 6.16 Å². The molecule has 0 spiro atoms. The van der Waals surface area contributed by atoms with Crippen molar-refractivity contribution in [3.63, 3.8) is 0 Å². The van der Waals surface area contributed by atoms with Crippen molar-refractivity contribution in [2.75, 3.05) is 57.1 Å². The van der Waals surface area contributed by atoms with E-state index in [1.165, 1.54) is 31.2 Å².